The number of pyridine rings is 1. The first-order valence-corrected chi connectivity index (χ1v) is 9.61. The van der Waals surface area contributed by atoms with Crippen LogP contribution in [0.5, 0.6) is 0 Å². The van der Waals surface area contributed by atoms with Gasteiger partial charge in [-0.05, 0) is 42.0 Å². The molecule has 146 valence electrons. The second-order valence-electron chi connectivity index (χ2n) is 7.05. The molecular formula is C22H24ClIN4. The second kappa shape index (κ2) is 9.09. The van der Waals surface area contributed by atoms with Gasteiger partial charge < -0.3 is 10.6 Å². The molecule has 4 nitrogen and oxygen atoms in total. The summed E-state index contributed by atoms with van der Waals surface area (Å²) < 4.78 is 0. The number of aliphatic imine (C=N–C) groups is 1. The lowest BCUT2D eigenvalue weighted by atomic mass is 9.96. The first-order chi connectivity index (χ1) is 13.2. The van der Waals surface area contributed by atoms with Gasteiger partial charge in [0.05, 0.1) is 12.2 Å². The van der Waals surface area contributed by atoms with Crippen molar-refractivity contribution >= 4 is 52.3 Å². The van der Waals surface area contributed by atoms with Crippen molar-refractivity contribution in [1.82, 2.24) is 15.6 Å². The van der Waals surface area contributed by atoms with Gasteiger partial charge in [-0.15, -0.1) is 24.0 Å². The van der Waals surface area contributed by atoms with Gasteiger partial charge in [0, 0.05) is 35.6 Å². The van der Waals surface area contributed by atoms with E-state index >= 15 is 0 Å². The number of nitrogens with zero attached hydrogens (tertiary/aromatic N) is 2. The molecule has 0 bridgehead atoms. The number of benzene rings is 2. The SMILES string of the molecule is CN=C(NCc1nccc2ccccc12)NCC1(c2cccc(Cl)c2)CC1.I. The van der Waals surface area contributed by atoms with Crippen molar-refractivity contribution in [3.8, 4) is 0 Å². The summed E-state index contributed by atoms with van der Waals surface area (Å²) in [6.45, 7) is 1.47. The van der Waals surface area contributed by atoms with Crippen LogP contribution in [0.4, 0.5) is 0 Å². The molecule has 1 aliphatic rings. The standard InChI is InChI=1S/C22H23ClN4.HI/c1-24-21(26-14-20-19-8-3-2-5-16(19)9-12-25-20)27-15-22(10-11-22)17-6-4-7-18(23)13-17;/h2-9,12-13H,10-11,14-15H2,1H3,(H2,24,26,27);1H. The highest BCUT2D eigenvalue weighted by Crippen LogP contribution is 2.48. The smallest absolute Gasteiger partial charge is 0.191 e. The fraction of sp³-hybridized carbons (Fsp3) is 0.273. The van der Waals surface area contributed by atoms with Crippen LogP contribution in [0, 0.1) is 0 Å². The molecule has 0 unspecified atom stereocenters. The number of rotatable bonds is 5. The number of halogens is 2. The Balaban J connectivity index is 0.00000225. The van der Waals surface area contributed by atoms with Crippen LogP contribution in [-0.2, 0) is 12.0 Å². The van der Waals surface area contributed by atoms with E-state index in [1.54, 1.807) is 7.05 Å². The van der Waals surface area contributed by atoms with Crippen molar-refractivity contribution < 1.29 is 0 Å². The molecule has 3 aromatic rings. The zero-order chi connectivity index (χ0) is 18.7. The predicted octanol–water partition coefficient (Wildman–Crippen LogP) is 4.90. The lowest BCUT2D eigenvalue weighted by Gasteiger charge is -2.19. The van der Waals surface area contributed by atoms with E-state index in [9.17, 15) is 0 Å². The highest BCUT2D eigenvalue weighted by molar-refractivity contribution is 14.0. The molecule has 0 spiro atoms. The summed E-state index contributed by atoms with van der Waals surface area (Å²) in [6, 6.07) is 18.5. The maximum Gasteiger partial charge on any atom is 0.191 e. The van der Waals surface area contributed by atoms with Crippen LogP contribution < -0.4 is 10.6 Å². The first kappa shape index (κ1) is 20.9. The van der Waals surface area contributed by atoms with Gasteiger partial charge in [0.25, 0.3) is 0 Å². The Labute approximate surface area is 187 Å². The average molecular weight is 507 g/mol. The van der Waals surface area contributed by atoms with Crippen LogP contribution in [-0.4, -0.2) is 24.5 Å². The van der Waals surface area contributed by atoms with E-state index in [1.165, 1.54) is 29.2 Å². The molecule has 1 saturated carbocycles. The Morgan fingerprint density at radius 1 is 1.11 bits per heavy atom. The van der Waals surface area contributed by atoms with Gasteiger partial charge in [-0.3, -0.25) is 9.98 Å². The summed E-state index contributed by atoms with van der Waals surface area (Å²) in [5.41, 5.74) is 2.49. The third-order valence-electron chi connectivity index (χ3n) is 5.29. The Morgan fingerprint density at radius 3 is 2.68 bits per heavy atom. The summed E-state index contributed by atoms with van der Waals surface area (Å²) in [4.78, 5) is 8.90. The van der Waals surface area contributed by atoms with Crippen molar-refractivity contribution in [3.05, 3.63) is 77.1 Å². The highest BCUT2D eigenvalue weighted by atomic mass is 127. The van der Waals surface area contributed by atoms with Crippen LogP contribution >= 0.6 is 35.6 Å². The monoisotopic (exact) mass is 506 g/mol. The average Bonchev–Trinajstić information content (AvgIpc) is 3.49. The number of hydrogen-bond donors (Lipinski definition) is 2. The largest absolute Gasteiger partial charge is 0.356 e. The van der Waals surface area contributed by atoms with Crippen LogP contribution in [0.3, 0.4) is 0 Å². The van der Waals surface area contributed by atoms with E-state index in [-0.39, 0.29) is 29.4 Å². The topological polar surface area (TPSA) is 49.3 Å². The normalized spacial score (nSPS) is 15.0. The molecule has 0 saturated heterocycles. The number of guanidine groups is 1. The van der Waals surface area contributed by atoms with Gasteiger partial charge in [0.1, 0.15) is 0 Å². The van der Waals surface area contributed by atoms with E-state index in [0.717, 1.165) is 23.2 Å². The molecule has 0 radical (unpaired) electrons. The third-order valence-corrected chi connectivity index (χ3v) is 5.52. The lowest BCUT2D eigenvalue weighted by molar-refractivity contribution is 0.645. The summed E-state index contributed by atoms with van der Waals surface area (Å²) >= 11 is 6.17. The quantitative estimate of drug-likeness (QED) is 0.294. The molecule has 1 heterocycles. The minimum Gasteiger partial charge on any atom is -0.356 e. The van der Waals surface area contributed by atoms with Gasteiger partial charge >= 0.3 is 0 Å². The third kappa shape index (κ3) is 4.58. The predicted molar refractivity (Wildman–Crippen MR) is 128 cm³/mol. The summed E-state index contributed by atoms with van der Waals surface area (Å²) in [5.74, 6) is 0.790. The number of aromatic nitrogens is 1. The zero-order valence-electron chi connectivity index (χ0n) is 15.8. The van der Waals surface area contributed by atoms with E-state index in [4.69, 9.17) is 11.6 Å². The molecule has 1 aromatic heterocycles. The Bertz CT molecular complexity index is 980. The van der Waals surface area contributed by atoms with Gasteiger partial charge in [-0.2, -0.15) is 0 Å². The minimum atomic E-state index is 0. The molecule has 2 N–H and O–H groups in total. The van der Waals surface area contributed by atoms with E-state index in [1.807, 2.05) is 36.5 Å². The van der Waals surface area contributed by atoms with Crippen molar-refractivity contribution in [3.63, 3.8) is 0 Å². The van der Waals surface area contributed by atoms with Crippen molar-refractivity contribution in [2.24, 2.45) is 4.99 Å². The van der Waals surface area contributed by atoms with Crippen molar-refractivity contribution in [1.29, 1.82) is 0 Å². The maximum absolute atomic E-state index is 6.17. The number of nitrogens with one attached hydrogen (secondary N) is 2. The van der Waals surface area contributed by atoms with Crippen LogP contribution in [0.25, 0.3) is 10.8 Å². The second-order valence-corrected chi connectivity index (χ2v) is 7.49. The summed E-state index contributed by atoms with van der Waals surface area (Å²) in [6.07, 6.45) is 4.19. The van der Waals surface area contributed by atoms with E-state index < -0.39 is 0 Å². The molecule has 2 aromatic carbocycles. The molecule has 4 rings (SSSR count). The Kier molecular flexibility index (Phi) is 6.78. The minimum absolute atomic E-state index is 0. The molecule has 28 heavy (non-hydrogen) atoms. The van der Waals surface area contributed by atoms with Crippen molar-refractivity contribution in [2.45, 2.75) is 24.8 Å². The molecule has 6 heteroatoms. The lowest BCUT2D eigenvalue weighted by Crippen LogP contribution is -2.41. The van der Waals surface area contributed by atoms with Gasteiger partial charge in [-0.1, -0.05) is 48.0 Å². The molecule has 0 amide bonds. The fourth-order valence-electron chi connectivity index (χ4n) is 3.50. The fourth-order valence-corrected chi connectivity index (χ4v) is 3.69. The van der Waals surface area contributed by atoms with Gasteiger partial charge in [0.2, 0.25) is 0 Å². The van der Waals surface area contributed by atoms with Crippen LogP contribution in [0.1, 0.15) is 24.1 Å². The zero-order valence-corrected chi connectivity index (χ0v) is 18.9. The Hall–Kier alpha value is -1.86. The highest BCUT2D eigenvalue weighted by Gasteiger charge is 2.44. The summed E-state index contributed by atoms with van der Waals surface area (Å²) in [5, 5.41) is 10.0. The van der Waals surface area contributed by atoms with Crippen molar-refractivity contribution in [2.75, 3.05) is 13.6 Å². The molecular weight excluding hydrogens is 483 g/mol. The van der Waals surface area contributed by atoms with E-state index in [2.05, 4.69) is 44.9 Å². The van der Waals surface area contributed by atoms with E-state index in [0.29, 0.717) is 6.54 Å². The number of hydrogen-bond acceptors (Lipinski definition) is 2. The Morgan fingerprint density at radius 2 is 1.93 bits per heavy atom. The molecule has 1 aliphatic carbocycles. The van der Waals surface area contributed by atoms with Crippen LogP contribution in [0.15, 0.2) is 65.8 Å². The van der Waals surface area contributed by atoms with Crippen LogP contribution in [0.2, 0.25) is 5.02 Å². The van der Waals surface area contributed by atoms with Gasteiger partial charge in [-0.25, -0.2) is 0 Å². The molecule has 1 fully saturated rings. The first-order valence-electron chi connectivity index (χ1n) is 9.23. The molecule has 0 atom stereocenters. The maximum atomic E-state index is 6.17. The molecule has 0 aliphatic heterocycles. The van der Waals surface area contributed by atoms with Gasteiger partial charge in [0.15, 0.2) is 5.96 Å². The number of fused-ring (bicyclic) bond motifs is 1. The summed E-state index contributed by atoms with van der Waals surface area (Å²) in [7, 11) is 1.80.